The molecule has 4 N–H and O–H groups in total. The van der Waals surface area contributed by atoms with Crippen molar-refractivity contribution in [2.24, 2.45) is 5.73 Å². The van der Waals surface area contributed by atoms with Gasteiger partial charge in [-0.2, -0.15) is 0 Å². The third kappa shape index (κ3) is 4.47. The average molecular weight is 258 g/mol. The second kappa shape index (κ2) is 6.94. The zero-order valence-electron chi connectivity index (χ0n) is 9.36. The van der Waals surface area contributed by atoms with Crippen LogP contribution in [0.2, 0.25) is 0 Å². The molecule has 0 radical (unpaired) electrons. The van der Waals surface area contributed by atoms with E-state index in [4.69, 9.17) is 5.73 Å². The Morgan fingerprint density at radius 2 is 2.35 bits per heavy atom. The van der Waals surface area contributed by atoms with Gasteiger partial charge in [-0.15, -0.1) is 11.3 Å². The third-order valence-corrected chi connectivity index (χ3v) is 2.45. The molecule has 0 aliphatic rings. The molecule has 7 nitrogen and oxygen atoms in total. The van der Waals surface area contributed by atoms with Crippen LogP contribution in [0.15, 0.2) is 5.38 Å². The number of thiazole rings is 1. The number of amides is 2. The monoisotopic (exact) mass is 258 g/mol. The number of hydrogen-bond acceptors (Lipinski definition) is 6. The molecule has 94 valence electrons. The number of nitrogens with one attached hydrogen (secondary N) is 2. The fourth-order valence-electron chi connectivity index (χ4n) is 0.998. The minimum absolute atomic E-state index is 0.0473. The number of carbonyl (C=O) groups is 2. The molecule has 0 atom stereocenters. The summed E-state index contributed by atoms with van der Waals surface area (Å²) in [6.45, 7) is 0.712. The van der Waals surface area contributed by atoms with Gasteiger partial charge in [-0.1, -0.05) is 0 Å². The highest BCUT2D eigenvalue weighted by atomic mass is 32.1. The second-order valence-corrected chi connectivity index (χ2v) is 3.92. The summed E-state index contributed by atoms with van der Waals surface area (Å²) in [6.07, 6.45) is 0. The molecule has 0 fully saturated rings. The van der Waals surface area contributed by atoms with Crippen molar-refractivity contribution in [2.45, 2.75) is 0 Å². The molecule has 1 aromatic heterocycles. The molecular weight excluding hydrogens is 244 g/mol. The van der Waals surface area contributed by atoms with Gasteiger partial charge in [0, 0.05) is 25.6 Å². The SMILES string of the molecule is COCC(=O)Nc1nc(C(=O)NCCN)cs1. The predicted octanol–water partition coefficient (Wildman–Crippen LogP) is -0.583. The molecule has 0 saturated carbocycles. The van der Waals surface area contributed by atoms with Gasteiger partial charge in [-0.25, -0.2) is 4.98 Å². The van der Waals surface area contributed by atoms with E-state index in [0.29, 0.717) is 18.2 Å². The van der Waals surface area contributed by atoms with Crippen LogP contribution in [-0.4, -0.2) is 43.6 Å². The highest BCUT2D eigenvalue weighted by Gasteiger charge is 2.11. The molecule has 0 aliphatic carbocycles. The van der Waals surface area contributed by atoms with E-state index in [1.807, 2.05) is 0 Å². The lowest BCUT2D eigenvalue weighted by Gasteiger charge is -2.00. The van der Waals surface area contributed by atoms with Crippen LogP contribution in [0.1, 0.15) is 10.5 Å². The first-order valence-electron chi connectivity index (χ1n) is 4.90. The van der Waals surface area contributed by atoms with Crippen LogP contribution in [-0.2, 0) is 9.53 Å². The van der Waals surface area contributed by atoms with Crippen molar-refractivity contribution in [3.05, 3.63) is 11.1 Å². The van der Waals surface area contributed by atoms with Gasteiger partial charge in [0.05, 0.1) is 0 Å². The zero-order valence-corrected chi connectivity index (χ0v) is 10.2. The van der Waals surface area contributed by atoms with Crippen LogP contribution in [0.3, 0.4) is 0 Å². The molecule has 1 rings (SSSR count). The molecular formula is C9H14N4O3S. The van der Waals surface area contributed by atoms with E-state index in [0.717, 1.165) is 0 Å². The molecule has 0 saturated heterocycles. The van der Waals surface area contributed by atoms with Gasteiger partial charge in [0.1, 0.15) is 12.3 Å². The molecule has 2 amide bonds. The topological polar surface area (TPSA) is 106 Å². The van der Waals surface area contributed by atoms with Crippen molar-refractivity contribution >= 4 is 28.3 Å². The van der Waals surface area contributed by atoms with Crippen LogP contribution >= 0.6 is 11.3 Å². The summed E-state index contributed by atoms with van der Waals surface area (Å²) in [5, 5.41) is 7.03. The highest BCUT2D eigenvalue weighted by Crippen LogP contribution is 2.14. The third-order valence-electron chi connectivity index (χ3n) is 1.69. The fourth-order valence-corrected chi connectivity index (χ4v) is 1.70. The van der Waals surface area contributed by atoms with Crippen LogP contribution in [0.5, 0.6) is 0 Å². The number of methoxy groups -OCH3 is 1. The number of hydrogen-bond donors (Lipinski definition) is 3. The van der Waals surface area contributed by atoms with Crippen molar-refractivity contribution in [3.63, 3.8) is 0 Å². The summed E-state index contributed by atoms with van der Waals surface area (Å²) in [4.78, 5) is 26.6. The molecule has 0 spiro atoms. The van der Waals surface area contributed by atoms with Gasteiger partial charge in [0.2, 0.25) is 0 Å². The molecule has 0 bridgehead atoms. The van der Waals surface area contributed by atoms with Crippen LogP contribution in [0.4, 0.5) is 5.13 Å². The predicted molar refractivity (Wildman–Crippen MR) is 64.0 cm³/mol. The minimum atomic E-state index is -0.309. The van der Waals surface area contributed by atoms with E-state index < -0.39 is 0 Å². The summed E-state index contributed by atoms with van der Waals surface area (Å²) in [6, 6.07) is 0. The summed E-state index contributed by atoms with van der Waals surface area (Å²) in [7, 11) is 1.42. The van der Waals surface area contributed by atoms with E-state index in [1.165, 1.54) is 18.4 Å². The van der Waals surface area contributed by atoms with Gasteiger partial charge < -0.3 is 15.8 Å². The Labute approximate surface area is 102 Å². The van der Waals surface area contributed by atoms with Gasteiger partial charge >= 0.3 is 0 Å². The van der Waals surface area contributed by atoms with E-state index in [2.05, 4.69) is 20.4 Å². The van der Waals surface area contributed by atoms with Gasteiger partial charge in [0.15, 0.2) is 5.13 Å². The number of nitrogens with two attached hydrogens (primary N) is 1. The Bertz CT molecular complexity index is 393. The molecule has 17 heavy (non-hydrogen) atoms. The Balaban J connectivity index is 2.52. The zero-order chi connectivity index (χ0) is 12.7. The Kier molecular flexibility index (Phi) is 5.53. The van der Waals surface area contributed by atoms with Crippen molar-refractivity contribution in [2.75, 3.05) is 32.1 Å². The van der Waals surface area contributed by atoms with E-state index in [-0.39, 0.29) is 24.1 Å². The van der Waals surface area contributed by atoms with Crippen molar-refractivity contribution in [1.29, 1.82) is 0 Å². The fraction of sp³-hybridized carbons (Fsp3) is 0.444. The maximum Gasteiger partial charge on any atom is 0.270 e. The largest absolute Gasteiger partial charge is 0.375 e. The Morgan fingerprint density at radius 3 is 3.00 bits per heavy atom. The minimum Gasteiger partial charge on any atom is -0.375 e. The van der Waals surface area contributed by atoms with Gasteiger partial charge in [-0.05, 0) is 0 Å². The van der Waals surface area contributed by atoms with Gasteiger partial charge in [0.25, 0.3) is 11.8 Å². The quantitative estimate of drug-likeness (QED) is 0.632. The van der Waals surface area contributed by atoms with Crippen molar-refractivity contribution in [3.8, 4) is 0 Å². The first kappa shape index (κ1) is 13.6. The normalized spacial score (nSPS) is 10.0. The van der Waals surface area contributed by atoms with E-state index in [9.17, 15) is 9.59 Å². The first-order valence-corrected chi connectivity index (χ1v) is 5.78. The summed E-state index contributed by atoms with van der Waals surface area (Å²) in [5.41, 5.74) is 5.52. The number of aromatic nitrogens is 1. The maximum atomic E-state index is 11.5. The number of carbonyl (C=O) groups excluding carboxylic acids is 2. The number of nitrogens with zero attached hydrogens (tertiary/aromatic N) is 1. The van der Waals surface area contributed by atoms with Crippen molar-refractivity contribution in [1.82, 2.24) is 10.3 Å². The Hall–Kier alpha value is -1.51. The van der Waals surface area contributed by atoms with Crippen LogP contribution < -0.4 is 16.4 Å². The Morgan fingerprint density at radius 1 is 1.59 bits per heavy atom. The molecule has 0 aliphatic heterocycles. The van der Waals surface area contributed by atoms with E-state index >= 15 is 0 Å². The molecule has 0 unspecified atom stereocenters. The lowest BCUT2D eigenvalue weighted by Crippen LogP contribution is -2.29. The second-order valence-electron chi connectivity index (χ2n) is 3.06. The molecule has 1 aromatic rings. The average Bonchev–Trinajstić information content (AvgIpc) is 2.74. The maximum absolute atomic E-state index is 11.5. The summed E-state index contributed by atoms with van der Waals surface area (Å²) in [5.74, 6) is -0.616. The van der Waals surface area contributed by atoms with E-state index in [1.54, 1.807) is 5.38 Å². The van der Waals surface area contributed by atoms with Crippen LogP contribution in [0.25, 0.3) is 0 Å². The number of ether oxygens (including phenoxy) is 1. The smallest absolute Gasteiger partial charge is 0.270 e. The molecule has 0 aromatic carbocycles. The molecule has 1 heterocycles. The van der Waals surface area contributed by atoms with Crippen molar-refractivity contribution < 1.29 is 14.3 Å². The van der Waals surface area contributed by atoms with Gasteiger partial charge in [-0.3, -0.25) is 14.9 Å². The standard InChI is InChI=1S/C9H14N4O3S/c1-16-4-7(14)13-9-12-6(5-17-9)8(15)11-3-2-10/h5H,2-4,10H2,1H3,(H,11,15)(H,12,13,14). The lowest BCUT2D eigenvalue weighted by molar-refractivity contribution is -0.119. The highest BCUT2D eigenvalue weighted by molar-refractivity contribution is 7.14. The first-order chi connectivity index (χ1) is 8.17. The summed E-state index contributed by atoms with van der Waals surface area (Å²) < 4.78 is 4.65. The van der Waals surface area contributed by atoms with Crippen LogP contribution in [0, 0.1) is 0 Å². The number of rotatable bonds is 6. The number of anilines is 1. The molecule has 8 heteroatoms. The lowest BCUT2D eigenvalue weighted by atomic mass is 10.4. The summed E-state index contributed by atoms with van der Waals surface area (Å²) >= 11 is 1.17.